The van der Waals surface area contributed by atoms with Crippen molar-refractivity contribution in [2.45, 2.75) is 76.6 Å². The second-order valence-electron chi connectivity index (χ2n) is 15.8. The molecule has 3 aromatic carbocycles. The molecular weight excluding hydrogens is 701 g/mol. The van der Waals surface area contributed by atoms with Crippen molar-refractivity contribution >= 4 is 25.6 Å². The number of benzene rings is 3. The smallest absolute Gasteiger partial charge is 0.265 e. The van der Waals surface area contributed by atoms with Crippen molar-refractivity contribution in [1.29, 1.82) is 0 Å². The molecule has 0 saturated heterocycles. The summed E-state index contributed by atoms with van der Waals surface area (Å²) in [5.74, 6) is -1.30. The number of fused-ring (bicyclic) bond motifs is 4. The number of rotatable bonds is 12. The van der Waals surface area contributed by atoms with E-state index in [-0.39, 0.29) is 41.0 Å². The highest BCUT2D eigenvalue weighted by atomic mass is 28.4. The van der Waals surface area contributed by atoms with E-state index in [0.717, 1.165) is 16.7 Å². The third-order valence-corrected chi connectivity index (χ3v) is 16.0. The van der Waals surface area contributed by atoms with Crippen LogP contribution >= 0.6 is 0 Å². The molecule has 1 heterocycles. The number of aromatic nitrogens is 1. The van der Waals surface area contributed by atoms with Gasteiger partial charge in [0.15, 0.2) is 19.7 Å². The van der Waals surface area contributed by atoms with Crippen molar-refractivity contribution in [2.75, 3.05) is 13.7 Å². The van der Waals surface area contributed by atoms with Gasteiger partial charge in [-0.15, -0.1) is 6.58 Å². The van der Waals surface area contributed by atoms with Crippen LogP contribution in [-0.2, 0) is 28.9 Å². The van der Waals surface area contributed by atoms with Crippen molar-refractivity contribution in [3.05, 3.63) is 125 Å². The van der Waals surface area contributed by atoms with Gasteiger partial charge >= 0.3 is 0 Å². The van der Waals surface area contributed by atoms with Crippen LogP contribution in [0.3, 0.4) is 0 Å². The number of nitrogens with zero attached hydrogens (tertiary/aromatic N) is 1. The summed E-state index contributed by atoms with van der Waals surface area (Å²) in [5, 5.41) is 19.8. The molecule has 7 rings (SSSR count). The average molecular weight is 749 g/mol. The zero-order chi connectivity index (χ0) is 38.4. The van der Waals surface area contributed by atoms with Crippen LogP contribution in [-0.4, -0.2) is 49.4 Å². The number of Topliss-reactive ketones (excluding diaryl/α,β-unsaturated/α-hetero) is 2. The van der Waals surface area contributed by atoms with Crippen molar-refractivity contribution < 1.29 is 37.9 Å². The quantitative estimate of drug-likeness (QED) is 0.0829. The van der Waals surface area contributed by atoms with Crippen LogP contribution in [0.25, 0.3) is 5.76 Å². The lowest BCUT2D eigenvalue weighted by atomic mass is 9.57. The van der Waals surface area contributed by atoms with Crippen LogP contribution in [0.5, 0.6) is 17.4 Å². The fourth-order valence-electron chi connectivity index (χ4n) is 7.84. The van der Waals surface area contributed by atoms with Crippen LogP contribution in [0.4, 0.5) is 0 Å². The molecule has 4 atom stereocenters. The minimum atomic E-state index is -2.90. The Balaban J connectivity index is 1.40. The number of carbonyl (C=O) groups excluding carboxylic acids is 2. The van der Waals surface area contributed by atoms with Gasteiger partial charge in [0.25, 0.3) is 5.88 Å². The van der Waals surface area contributed by atoms with Gasteiger partial charge in [-0.05, 0) is 65.3 Å². The first kappa shape index (κ1) is 37.3. The van der Waals surface area contributed by atoms with Crippen LogP contribution in [0.2, 0.25) is 18.1 Å². The van der Waals surface area contributed by atoms with E-state index < -0.39 is 43.4 Å². The van der Waals surface area contributed by atoms with E-state index in [1.165, 1.54) is 0 Å². The van der Waals surface area contributed by atoms with E-state index in [0.29, 0.717) is 42.2 Å². The van der Waals surface area contributed by atoms with Gasteiger partial charge in [-0.3, -0.25) is 9.59 Å². The van der Waals surface area contributed by atoms with Crippen LogP contribution in [0.1, 0.15) is 71.6 Å². The monoisotopic (exact) mass is 748 g/mol. The van der Waals surface area contributed by atoms with Gasteiger partial charge in [0.1, 0.15) is 36.0 Å². The molecule has 1 aromatic heterocycles. The Hall–Kier alpha value is -4.97. The lowest BCUT2D eigenvalue weighted by Gasteiger charge is -2.54. The number of hydrogen-bond acceptors (Lipinski definition) is 10. The van der Waals surface area contributed by atoms with Gasteiger partial charge in [-0.2, -0.15) is 0 Å². The molecule has 11 heteroatoms. The molecule has 4 aromatic rings. The molecule has 0 amide bonds. The van der Waals surface area contributed by atoms with Gasteiger partial charge in [-0.25, -0.2) is 0 Å². The zero-order valence-electron chi connectivity index (χ0n) is 31.7. The number of aliphatic hydroxyl groups is 1. The van der Waals surface area contributed by atoms with E-state index in [9.17, 15) is 5.11 Å². The summed E-state index contributed by atoms with van der Waals surface area (Å²) in [6, 6.07) is 22.2. The first-order chi connectivity index (χ1) is 25.8. The largest absolute Gasteiger partial charge is 0.507 e. The molecule has 3 aliphatic carbocycles. The predicted octanol–water partition coefficient (Wildman–Crippen LogP) is 8.35. The predicted molar refractivity (Wildman–Crippen MR) is 207 cm³/mol. The number of carbonyl (C=O) groups is 2. The Morgan fingerprint density at radius 3 is 2.19 bits per heavy atom. The number of aliphatic hydroxyl groups excluding tert-OH is 1. The van der Waals surface area contributed by atoms with E-state index in [1.54, 1.807) is 19.3 Å². The Bertz CT molecular complexity index is 2100. The highest BCUT2D eigenvalue weighted by Crippen LogP contribution is 2.58. The standard InChI is InChI=1S/C43H48N2O8Si/c1-8-21-44-36-30-23-28-22-29-31(49-5)19-20-32(50-24-26-15-11-9-12-16-26)34(29)37(46)33(28)39(47)43(30,53-54(6,7)42(2,3)4)40(48)35-38(36)52-45-41(35)51-25-27-17-13-10-14-18-27/h8-20,28,30,36,44,46H,1,21-25H2,2-7H3/t28-,30-,36-,43?/m0/s1. The topological polar surface area (TPSA) is 129 Å². The summed E-state index contributed by atoms with van der Waals surface area (Å²) in [4.78, 5) is 31.1. The van der Waals surface area contributed by atoms with Crippen LogP contribution in [0, 0.1) is 11.8 Å². The average Bonchev–Trinajstić information content (AvgIpc) is 3.58. The van der Waals surface area contributed by atoms with Gasteiger partial charge in [0.05, 0.1) is 18.7 Å². The molecule has 1 unspecified atom stereocenters. The number of ketones is 2. The Labute approximate surface area is 317 Å². The summed E-state index contributed by atoms with van der Waals surface area (Å²) < 4.78 is 31.5. The second-order valence-corrected chi connectivity index (χ2v) is 20.6. The molecule has 3 aliphatic rings. The first-order valence-corrected chi connectivity index (χ1v) is 21.3. The number of hydrogen-bond donors (Lipinski definition) is 2. The third kappa shape index (κ3) is 6.27. The minimum absolute atomic E-state index is 0.00985. The molecule has 10 nitrogen and oxygen atoms in total. The maximum atomic E-state index is 15.7. The SMILES string of the molecule is C=CCN[C@@H]1c2onc(OCc3ccccc3)c2C(=O)C2(O[Si](C)(C)C(C)(C)C)C(=O)C3=C(O)c4c(OCc5ccccc5)ccc(OC)c4C[C@H]3C[C@@H]12. The molecule has 1 saturated carbocycles. The normalized spacial score (nSPS) is 22.1. The molecule has 0 spiro atoms. The molecular formula is C43H48N2O8Si. The Kier molecular flexibility index (Phi) is 9.93. The van der Waals surface area contributed by atoms with E-state index in [2.05, 4.69) is 37.8 Å². The number of nitrogens with one attached hydrogen (secondary N) is 1. The molecule has 0 radical (unpaired) electrons. The van der Waals surface area contributed by atoms with Crippen LogP contribution in [0.15, 0.2) is 95.5 Å². The molecule has 0 aliphatic heterocycles. The number of methoxy groups -OCH3 is 1. The van der Waals surface area contributed by atoms with E-state index in [1.807, 2.05) is 79.8 Å². The Morgan fingerprint density at radius 2 is 1.57 bits per heavy atom. The van der Waals surface area contributed by atoms with E-state index in [4.69, 9.17) is 23.2 Å². The fraction of sp³-hybridized carbons (Fsp3) is 0.372. The third-order valence-electron chi connectivity index (χ3n) is 11.5. The van der Waals surface area contributed by atoms with Gasteiger partial charge in [0.2, 0.25) is 11.6 Å². The molecule has 54 heavy (non-hydrogen) atoms. The maximum absolute atomic E-state index is 15.7. The second kappa shape index (κ2) is 14.4. The summed E-state index contributed by atoms with van der Waals surface area (Å²) in [5.41, 5.74) is 1.13. The Morgan fingerprint density at radius 1 is 0.944 bits per heavy atom. The maximum Gasteiger partial charge on any atom is 0.265 e. The van der Waals surface area contributed by atoms with Crippen molar-refractivity contribution in [2.24, 2.45) is 11.8 Å². The minimum Gasteiger partial charge on any atom is -0.507 e. The molecule has 0 bridgehead atoms. The molecule has 282 valence electrons. The summed E-state index contributed by atoms with van der Waals surface area (Å²) >= 11 is 0. The zero-order valence-corrected chi connectivity index (χ0v) is 32.7. The van der Waals surface area contributed by atoms with Gasteiger partial charge < -0.3 is 33.6 Å². The van der Waals surface area contributed by atoms with E-state index >= 15 is 9.59 Å². The van der Waals surface area contributed by atoms with Crippen molar-refractivity contribution in [3.63, 3.8) is 0 Å². The highest BCUT2D eigenvalue weighted by Gasteiger charge is 2.68. The highest BCUT2D eigenvalue weighted by molar-refractivity contribution is 6.74. The van der Waals surface area contributed by atoms with Gasteiger partial charge in [0, 0.05) is 23.6 Å². The molecule has 1 fully saturated rings. The molecule has 2 N–H and O–H groups in total. The lowest BCUT2D eigenvalue weighted by Crippen LogP contribution is -2.68. The summed E-state index contributed by atoms with van der Waals surface area (Å²) in [7, 11) is -1.32. The fourth-order valence-corrected chi connectivity index (χ4v) is 9.29. The summed E-state index contributed by atoms with van der Waals surface area (Å²) in [6.45, 7) is 14.9. The number of ether oxygens (including phenoxy) is 3. The lowest BCUT2D eigenvalue weighted by molar-refractivity contribution is -0.138. The first-order valence-electron chi connectivity index (χ1n) is 18.4. The summed E-state index contributed by atoms with van der Waals surface area (Å²) in [6.07, 6.45) is 2.41. The van der Waals surface area contributed by atoms with Crippen molar-refractivity contribution in [3.8, 4) is 17.4 Å². The van der Waals surface area contributed by atoms with Gasteiger partial charge in [-0.1, -0.05) is 87.5 Å². The van der Waals surface area contributed by atoms with Crippen LogP contribution < -0.4 is 19.5 Å². The van der Waals surface area contributed by atoms with Crippen molar-refractivity contribution in [1.82, 2.24) is 10.5 Å².